The van der Waals surface area contributed by atoms with E-state index in [4.69, 9.17) is 4.74 Å². The molecule has 0 spiro atoms. The van der Waals surface area contributed by atoms with E-state index in [2.05, 4.69) is 10.6 Å². The van der Waals surface area contributed by atoms with Gasteiger partial charge in [-0.1, -0.05) is 12.1 Å². The fraction of sp³-hybridized carbons (Fsp3) is 0.500. The molecule has 1 aromatic rings. The summed E-state index contributed by atoms with van der Waals surface area (Å²) < 4.78 is 5.24. The predicted molar refractivity (Wildman–Crippen MR) is 73.1 cm³/mol. The van der Waals surface area contributed by atoms with Gasteiger partial charge in [-0.05, 0) is 37.5 Å². The molecule has 5 nitrogen and oxygen atoms in total. The summed E-state index contributed by atoms with van der Waals surface area (Å²) in [6.45, 7) is 3.09. The molecule has 3 N–H and O–H groups in total. The third-order valence-corrected chi connectivity index (χ3v) is 3.18. The molecule has 0 bridgehead atoms. The highest BCUT2D eigenvalue weighted by Gasteiger charge is 2.16. The molecular formula is C14H20N2O3. The van der Waals surface area contributed by atoms with E-state index >= 15 is 0 Å². The summed E-state index contributed by atoms with van der Waals surface area (Å²) in [7, 11) is 0. The van der Waals surface area contributed by atoms with Gasteiger partial charge in [-0.2, -0.15) is 0 Å². The fourth-order valence-corrected chi connectivity index (χ4v) is 2.07. The molecule has 1 aromatic carbocycles. The van der Waals surface area contributed by atoms with Gasteiger partial charge in [0, 0.05) is 24.9 Å². The van der Waals surface area contributed by atoms with Crippen molar-refractivity contribution in [1.29, 1.82) is 0 Å². The number of nitrogens with one attached hydrogen (secondary N) is 2. The lowest BCUT2D eigenvalue weighted by atomic mass is 10.1. The second kappa shape index (κ2) is 6.54. The first-order valence-electron chi connectivity index (χ1n) is 6.58. The van der Waals surface area contributed by atoms with E-state index in [0.29, 0.717) is 18.9 Å². The molecule has 1 aliphatic rings. The number of ether oxygens (including phenoxy) is 1. The molecule has 0 aliphatic carbocycles. The molecule has 104 valence electrons. The fourth-order valence-electron chi connectivity index (χ4n) is 2.07. The summed E-state index contributed by atoms with van der Waals surface area (Å²) in [6, 6.07) is 7.17. The molecule has 1 heterocycles. The first-order chi connectivity index (χ1) is 9.15. The van der Waals surface area contributed by atoms with Gasteiger partial charge in [0.1, 0.15) is 0 Å². The highest BCUT2D eigenvalue weighted by molar-refractivity contribution is 5.89. The standard InChI is InChI=1S/C14H20N2O3/c1-10(17)11-3-2-4-13(9-11)16-14(18)15-12-5-7-19-8-6-12/h2-4,9-10,12,17H,5-8H2,1H3,(H2,15,16,18). The smallest absolute Gasteiger partial charge is 0.319 e. The van der Waals surface area contributed by atoms with Gasteiger partial charge in [0.25, 0.3) is 0 Å². The third-order valence-electron chi connectivity index (χ3n) is 3.18. The Kier molecular flexibility index (Phi) is 4.76. The van der Waals surface area contributed by atoms with Crippen molar-refractivity contribution in [2.75, 3.05) is 18.5 Å². The molecule has 2 rings (SSSR count). The number of benzene rings is 1. The first-order valence-corrected chi connectivity index (χ1v) is 6.58. The molecule has 2 amide bonds. The van der Waals surface area contributed by atoms with Crippen molar-refractivity contribution in [1.82, 2.24) is 5.32 Å². The number of carbonyl (C=O) groups is 1. The number of aliphatic hydroxyl groups excluding tert-OH is 1. The van der Waals surface area contributed by atoms with Crippen LogP contribution in [0.1, 0.15) is 31.4 Å². The summed E-state index contributed by atoms with van der Waals surface area (Å²) in [6.07, 6.45) is 1.16. The molecular weight excluding hydrogens is 244 g/mol. The summed E-state index contributed by atoms with van der Waals surface area (Å²) in [5.41, 5.74) is 1.46. The van der Waals surface area contributed by atoms with E-state index in [1.807, 2.05) is 12.1 Å². The minimum absolute atomic E-state index is 0.175. The molecule has 1 fully saturated rings. The van der Waals surface area contributed by atoms with E-state index < -0.39 is 6.10 Å². The van der Waals surface area contributed by atoms with Gasteiger partial charge < -0.3 is 20.5 Å². The Morgan fingerprint density at radius 1 is 1.42 bits per heavy atom. The number of carbonyl (C=O) groups excluding carboxylic acids is 1. The van der Waals surface area contributed by atoms with Crippen molar-refractivity contribution in [3.05, 3.63) is 29.8 Å². The Morgan fingerprint density at radius 2 is 2.16 bits per heavy atom. The molecule has 1 atom stereocenters. The number of hydrogen-bond donors (Lipinski definition) is 3. The van der Waals surface area contributed by atoms with Crippen LogP contribution in [-0.4, -0.2) is 30.4 Å². The highest BCUT2D eigenvalue weighted by Crippen LogP contribution is 2.17. The number of hydrogen-bond acceptors (Lipinski definition) is 3. The van der Waals surface area contributed by atoms with Crippen molar-refractivity contribution >= 4 is 11.7 Å². The van der Waals surface area contributed by atoms with Crippen LogP contribution in [0.3, 0.4) is 0 Å². The van der Waals surface area contributed by atoms with Gasteiger partial charge in [0.2, 0.25) is 0 Å². The van der Waals surface area contributed by atoms with Gasteiger partial charge in [-0.25, -0.2) is 4.79 Å². The van der Waals surface area contributed by atoms with Gasteiger partial charge in [-0.15, -0.1) is 0 Å². The lowest BCUT2D eigenvalue weighted by molar-refractivity contribution is 0.0806. The van der Waals surface area contributed by atoms with Crippen molar-refractivity contribution in [3.63, 3.8) is 0 Å². The van der Waals surface area contributed by atoms with Crippen molar-refractivity contribution in [2.45, 2.75) is 31.9 Å². The van der Waals surface area contributed by atoms with Crippen LogP contribution in [-0.2, 0) is 4.74 Å². The van der Waals surface area contributed by atoms with Crippen molar-refractivity contribution in [3.8, 4) is 0 Å². The zero-order valence-corrected chi connectivity index (χ0v) is 11.1. The Morgan fingerprint density at radius 3 is 2.84 bits per heavy atom. The van der Waals surface area contributed by atoms with Crippen LogP contribution >= 0.6 is 0 Å². The summed E-state index contributed by atoms with van der Waals surface area (Å²) >= 11 is 0. The summed E-state index contributed by atoms with van der Waals surface area (Å²) in [5, 5.41) is 15.2. The zero-order chi connectivity index (χ0) is 13.7. The molecule has 0 saturated carbocycles. The van der Waals surface area contributed by atoms with Crippen molar-refractivity contribution < 1.29 is 14.6 Å². The quantitative estimate of drug-likeness (QED) is 0.782. The minimum atomic E-state index is -0.541. The summed E-state index contributed by atoms with van der Waals surface area (Å²) in [4.78, 5) is 11.8. The van der Waals surface area contributed by atoms with Crippen LogP contribution in [0.4, 0.5) is 10.5 Å². The monoisotopic (exact) mass is 264 g/mol. The highest BCUT2D eigenvalue weighted by atomic mass is 16.5. The topological polar surface area (TPSA) is 70.6 Å². The van der Waals surface area contributed by atoms with E-state index in [1.165, 1.54) is 0 Å². The normalized spacial score (nSPS) is 17.8. The second-order valence-corrected chi connectivity index (χ2v) is 4.79. The number of aliphatic hydroxyl groups is 1. The SMILES string of the molecule is CC(O)c1cccc(NC(=O)NC2CCOCC2)c1. The lowest BCUT2D eigenvalue weighted by Crippen LogP contribution is -2.41. The lowest BCUT2D eigenvalue weighted by Gasteiger charge is -2.23. The number of rotatable bonds is 3. The summed E-state index contributed by atoms with van der Waals surface area (Å²) in [5.74, 6) is 0. The van der Waals surface area contributed by atoms with Crippen LogP contribution in [0, 0.1) is 0 Å². The molecule has 1 aliphatic heterocycles. The van der Waals surface area contributed by atoms with Gasteiger partial charge in [0.15, 0.2) is 0 Å². The van der Waals surface area contributed by atoms with Gasteiger partial charge in [-0.3, -0.25) is 0 Å². The van der Waals surface area contributed by atoms with E-state index in [9.17, 15) is 9.90 Å². The number of amides is 2. The van der Waals surface area contributed by atoms with Crippen LogP contribution in [0.5, 0.6) is 0 Å². The average Bonchev–Trinajstić information content (AvgIpc) is 2.40. The Labute approximate surface area is 113 Å². The Bertz CT molecular complexity index is 428. The van der Waals surface area contributed by atoms with Crippen LogP contribution in [0.2, 0.25) is 0 Å². The zero-order valence-electron chi connectivity index (χ0n) is 11.1. The number of urea groups is 1. The van der Waals surface area contributed by atoms with Gasteiger partial charge >= 0.3 is 6.03 Å². The molecule has 19 heavy (non-hydrogen) atoms. The maximum atomic E-state index is 11.8. The molecule has 1 saturated heterocycles. The van der Waals surface area contributed by atoms with Crippen molar-refractivity contribution in [2.24, 2.45) is 0 Å². The average molecular weight is 264 g/mol. The molecule has 0 radical (unpaired) electrons. The van der Waals surface area contributed by atoms with E-state index in [0.717, 1.165) is 18.4 Å². The third kappa shape index (κ3) is 4.22. The van der Waals surface area contributed by atoms with E-state index in [-0.39, 0.29) is 12.1 Å². The minimum Gasteiger partial charge on any atom is -0.389 e. The van der Waals surface area contributed by atoms with Crippen LogP contribution in [0.15, 0.2) is 24.3 Å². The largest absolute Gasteiger partial charge is 0.389 e. The predicted octanol–water partition coefficient (Wildman–Crippen LogP) is 2.04. The molecule has 1 unspecified atom stereocenters. The number of anilines is 1. The Balaban J connectivity index is 1.89. The van der Waals surface area contributed by atoms with E-state index in [1.54, 1.807) is 19.1 Å². The Hall–Kier alpha value is -1.59. The first kappa shape index (κ1) is 13.8. The maximum absolute atomic E-state index is 11.8. The van der Waals surface area contributed by atoms with Crippen LogP contribution < -0.4 is 10.6 Å². The van der Waals surface area contributed by atoms with Crippen LogP contribution in [0.25, 0.3) is 0 Å². The molecule has 5 heteroatoms. The van der Waals surface area contributed by atoms with Gasteiger partial charge in [0.05, 0.1) is 6.10 Å². The second-order valence-electron chi connectivity index (χ2n) is 4.79. The molecule has 0 aromatic heterocycles. The maximum Gasteiger partial charge on any atom is 0.319 e.